The lowest BCUT2D eigenvalue weighted by Gasteiger charge is -2.60. The Morgan fingerprint density at radius 1 is 1.32 bits per heavy atom. The number of hydrogen-bond donors (Lipinski definition) is 2. The highest BCUT2D eigenvalue weighted by atomic mass is 19.1. The van der Waals surface area contributed by atoms with Gasteiger partial charge in [0.1, 0.15) is 11.8 Å². The maximum absolute atomic E-state index is 16.9. The Morgan fingerprint density at radius 3 is 2.61 bits per heavy atom. The van der Waals surface area contributed by atoms with Crippen molar-refractivity contribution in [3.05, 3.63) is 23.3 Å². The molecule has 0 aromatic rings. The van der Waals surface area contributed by atoms with Crippen molar-refractivity contribution in [3.8, 4) is 0 Å². The van der Waals surface area contributed by atoms with Crippen LogP contribution in [0.5, 0.6) is 0 Å². The molecule has 3 saturated carbocycles. The number of aliphatic hydroxyl groups excluding tert-OH is 1. The number of carbonyl (C=O) groups excluding carboxylic acids is 1. The normalized spacial score (nSPS) is 56.6. The van der Waals surface area contributed by atoms with Crippen LogP contribution in [-0.2, 0) is 14.3 Å². The summed E-state index contributed by atoms with van der Waals surface area (Å²) in [5, 5.41) is 20.8. The van der Waals surface area contributed by atoms with Crippen LogP contribution in [0.15, 0.2) is 23.3 Å². The molecule has 1 saturated heterocycles. The van der Waals surface area contributed by atoms with Crippen LogP contribution in [0, 0.1) is 23.2 Å². The molecular weight excluding hydrogens is 370 g/mol. The molecule has 5 rings (SSSR count). The number of alkyl halides is 2. The number of aliphatic carboxylic acids is 1. The highest BCUT2D eigenvalue weighted by Gasteiger charge is 2.89. The van der Waals surface area contributed by atoms with E-state index in [1.807, 2.05) is 0 Å². The average Bonchev–Trinajstić information content (AvgIpc) is 3.21. The van der Waals surface area contributed by atoms with Crippen molar-refractivity contribution in [1.82, 2.24) is 0 Å². The molecule has 5 aliphatic rings. The Hall–Kier alpha value is -1.60. The van der Waals surface area contributed by atoms with Crippen molar-refractivity contribution in [2.45, 2.75) is 69.2 Å². The molecule has 7 heteroatoms. The second-order valence-electron chi connectivity index (χ2n) is 9.57. The van der Waals surface area contributed by atoms with Crippen molar-refractivity contribution in [2.24, 2.45) is 23.2 Å². The standard InChI is InChI=1S/C21H24F2O5/c1-9-7-18(3)13(6-15(9)24)14(22)5-12-11-4-10(2)21(17(26)27)19(11,28-21)8-16(25)20(12,18)23/h6-7,10-12,14,16,25H,4-5,8H2,1-3H3,(H,26,27)/t10-,11+,12+,14+,16+,18+,19-,20+,21+/m1/s1. The fourth-order valence-electron chi connectivity index (χ4n) is 7.27. The highest BCUT2D eigenvalue weighted by molar-refractivity contribution is 6.05. The highest BCUT2D eigenvalue weighted by Crippen LogP contribution is 2.76. The largest absolute Gasteiger partial charge is 0.479 e. The quantitative estimate of drug-likeness (QED) is 0.668. The minimum atomic E-state index is -2.19. The van der Waals surface area contributed by atoms with Crippen LogP contribution in [0.3, 0.4) is 0 Å². The van der Waals surface area contributed by atoms with Crippen LogP contribution in [-0.4, -0.2) is 51.1 Å². The van der Waals surface area contributed by atoms with Crippen molar-refractivity contribution >= 4 is 11.8 Å². The Labute approximate surface area is 161 Å². The van der Waals surface area contributed by atoms with Crippen LogP contribution in [0.1, 0.15) is 40.0 Å². The first-order valence-electron chi connectivity index (χ1n) is 9.86. The molecule has 1 heterocycles. The van der Waals surface area contributed by atoms with Gasteiger partial charge in [0.2, 0.25) is 0 Å². The minimum Gasteiger partial charge on any atom is -0.479 e. The van der Waals surface area contributed by atoms with Gasteiger partial charge in [-0.1, -0.05) is 13.0 Å². The van der Waals surface area contributed by atoms with Crippen molar-refractivity contribution < 1.29 is 33.3 Å². The van der Waals surface area contributed by atoms with E-state index in [2.05, 4.69) is 0 Å². The smallest absolute Gasteiger partial charge is 0.339 e. The zero-order valence-corrected chi connectivity index (χ0v) is 16.0. The van der Waals surface area contributed by atoms with Gasteiger partial charge in [0, 0.05) is 17.8 Å². The van der Waals surface area contributed by atoms with E-state index in [0.717, 1.165) is 0 Å². The number of ether oxygens (including phenoxy) is 1. The lowest BCUT2D eigenvalue weighted by molar-refractivity contribution is -0.187. The Morgan fingerprint density at radius 2 is 2.00 bits per heavy atom. The van der Waals surface area contributed by atoms with E-state index in [4.69, 9.17) is 4.74 Å². The summed E-state index contributed by atoms with van der Waals surface area (Å²) in [5.41, 5.74) is -5.81. The molecule has 9 atom stereocenters. The Bertz CT molecular complexity index is 882. The van der Waals surface area contributed by atoms with E-state index in [9.17, 15) is 19.8 Å². The SMILES string of the molecule is CC1=C[C@@]2(C)C(=CC1=O)[C@@H](F)C[C@H]1[C@@H]3C[C@@H](C)[C@@]4(C(=O)O)O[C@]34C[C@H](O)[C@@]12F. The number of ketones is 1. The van der Waals surface area contributed by atoms with Crippen molar-refractivity contribution in [1.29, 1.82) is 0 Å². The second kappa shape index (κ2) is 4.93. The topological polar surface area (TPSA) is 87.1 Å². The zero-order valence-electron chi connectivity index (χ0n) is 16.0. The Balaban J connectivity index is 1.66. The van der Waals surface area contributed by atoms with Gasteiger partial charge in [-0.2, -0.15) is 0 Å². The molecule has 1 spiro atoms. The molecule has 0 amide bonds. The third kappa shape index (κ3) is 1.63. The molecule has 0 aromatic heterocycles. The van der Waals surface area contributed by atoms with Gasteiger partial charge in [-0.3, -0.25) is 4.79 Å². The van der Waals surface area contributed by atoms with Gasteiger partial charge in [0.25, 0.3) is 0 Å². The predicted octanol–water partition coefficient (Wildman–Crippen LogP) is 2.53. The average molecular weight is 394 g/mol. The fraction of sp³-hybridized carbons (Fsp3) is 0.714. The number of carboxylic acids is 1. The fourth-order valence-corrected chi connectivity index (χ4v) is 7.27. The summed E-state index contributed by atoms with van der Waals surface area (Å²) in [6.45, 7) is 4.87. The summed E-state index contributed by atoms with van der Waals surface area (Å²) in [4.78, 5) is 24.1. The number of fused-ring (bicyclic) bond motifs is 4. The number of hydrogen-bond acceptors (Lipinski definition) is 4. The third-order valence-corrected chi connectivity index (χ3v) is 8.53. The number of epoxide rings is 1. The van der Waals surface area contributed by atoms with Crippen LogP contribution in [0.2, 0.25) is 0 Å². The first-order valence-corrected chi connectivity index (χ1v) is 9.86. The van der Waals surface area contributed by atoms with E-state index in [-0.39, 0.29) is 30.1 Å². The minimum absolute atomic E-state index is 0.0732. The van der Waals surface area contributed by atoms with Gasteiger partial charge in [-0.15, -0.1) is 0 Å². The van der Waals surface area contributed by atoms with Crippen molar-refractivity contribution in [2.75, 3.05) is 0 Å². The summed E-state index contributed by atoms with van der Waals surface area (Å²) in [6.07, 6.45) is -0.307. The lowest BCUT2D eigenvalue weighted by Crippen LogP contribution is -2.68. The number of rotatable bonds is 1. The van der Waals surface area contributed by atoms with Crippen LogP contribution < -0.4 is 0 Å². The van der Waals surface area contributed by atoms with Gasteiger partial charge in [-0.05, 0) is 55.7 Å². The molecule has 0 unspecified atom stereocenters. The molecular formula is C21H24F2O5. The zero-order chi connectivity index (χ0) is 20.4. The number of aliphatic hydroxyl groups is 1. The molecule has 5 nitrogen and oxygen atoms in total. The number of carbonyl (C=O) groups is 2. The number of halogens is 2. The molecule has 152 valence electrons. The van der Waals surface area contributed by atoms with Crippen LogP contribution in [0.4, 0.5) is 8.78 Å². The molecule has 28 heavy (non-hydrogen) atoms. The molecule has 0 radical (unpaired) electrons. The Kier molecular flexibility index (Phi) is 3.24. The molecule has 2 N–H and O–H groups in total. The molecule has 0 aromatic carbocycles. The van der Waals surface area contributed by atoms with E-state index < -0.39 is 52.4 Å². The summed E-state index contributed by atoms with van der Waals surface area (Å²) < 4.78 is 37.9. The van der Waals surface area contributed by atoms with Crippen LogP contribution >= 0.6 is 0 Å². The van der Waals surface area contributed by atoms with E-state index in [1.165, 1.54) is 12.2 Å². The second-order valence-corrected chi connectivity index (χ2v) is 9.57. The predicted molar refractivity (Wildman–Crippen MR) is 93.9 cm³/mol. The van der Waals surface area contributed by atoms with Crippen LogP contribution in [0.25, 0.3) is 0 Å². The number of allylic oxidation sites excluding steroid dienone is 4. The van der Waals surface area contributed by atoms with E-state index in [1.54, 1.807) is 20.8 Å². The molecule has 4 aliphatic carbocycles. The maximum Gasteiger partial charge on any atom is 0.339 e. The lowest BCUT2D eigenvalue weighted by atomic mass is 9.47. The van der Waals surface area contributed by atoms with Gasteiger partial charge in [0.15, 0.2) is 17.1 Å². The van der Waals surface area contributed by atoms with E-state index >= 15 is 8.78 Å². The first-order chi connectivity index (χ1) is 13.0. The van der Waals surface area contributed by atoms with Gasteiger partial charge in [0.05, 0.1) is 6.10 Å². The van der Waals surface area contributed by atoms with Gasteiger partial charge in [-0.25, -0.2) is 13.6 Å². The molecule has 1 aliphatic heterocycles. The maximum atomic E-state index is 16.9. The summed E-state index contributed by atoms with van der Waals surface area (Å²) in [6, 6.07) is 0. The first kappa shape index (κ1) is 18.4. The monoisotopic (exact) mass is 394 g/mol. The summed E-state index contributed by atoms with van der Waals surface area (Å²) in [7, 11) is 0. The third-order valence-electron chi connectivity index (χ3n) is 8.53. The van der Waals surface area contributed by atoms with Gasteiger partial charge >= 0.3 is 5.97 Å². The summed E-state index contributed by atoms with van der Waals surface area (Å²) >= 11 is 0. The summed E-state index contributed by atoms with van der Waals surface area (Å²) in [5.74, 6) is -3.17. The van der Waals surface area contributed by atoms with Gasteiger partial charge < -0.3 is 14.9 Å². The number of carboxylic acid groups (broad SMARTS) is 1. The molecule has 0 bridgehead atoms. The molecule has 4 fully saturated rings. The van der Waals surface area contributed by atoms with E-state index in [0.29, 0.717) is 12.0 Å². The van der Waals surface area contributed by atoms with Crippen molar-refractivity contribution in [3.63, 3.8) is 0 Å².